The van der Waals surface area contributed by atoms with Gasteiger partial charge in [0.15, 0.2) is 0 Å². The molecule has 2 aliphatic rings. The van der Waals surface area contributed by atoms with Crippen molar-refractivity contribution in [2.24, 2.45) is 11.8 Å². The van der Waals surface area contributed by atoms with Gasteiger partial charge in [0, 0.05) is 47.7 Å². The highest BCUT2D eigenvalue weighted by molar-refractivity contribution is 5.93. The average Bonchev–Trinajstić information content (AvgIpc) is 3.90. The number of carboxylic acid groups (broad SMARTS) is 1. The van der Waals surface area contributed by atoms with Crippen LogP contribution in [0.4, 0.5) is 24.8 Å². The summed E-state index contributed by atoms with van der Waals surface area (Å²) >= 11 is 0. The summed E-state index contributed by atoms with van der Waals surface area (Å²) in [6.07, 6.45) is 7.87. The van der Waals surface area contributed by atoms with Gasteiger partial charge in [0.1, 0.15) is 12.2 Å². The topological polar surface area (TPSA) is 115 Å². The van der Waals surface area contributed by atoms with E-state index in [0.29, 0.717) is 5.92 Å². The van der Waals surface area contributed by atoms with Gasteiger partial charge in [-0.15, -0.1) is 0 Å². The zero-order valence-corrected chi connectivity index (χ0v) is 23.3. The molecule has 0 bridgehead atoms. The highest BCUT2D eigenvalue weighted by atomic mass is 19.4. The van der Waals surface area contributed by atoms with Crippen LogP contribution in [0.25, 0.3) is 27.7 Å². The minimum Gasteiger partial charge on any atom is -0.475 e. The first kappa shape index (κ1) is 28.3. The van der Waals surface area contributed by atoms with Crippen molar-refractivity contribution in [1.82, 2.24) is 34.5 Å². The highest BCUT2D eigenvalue weighted by Crippen LogP contribution is 2.36. The van der Waals surface area contributed by atoms with Crippen molar-refractivity contribution >= 4 is 28.5 Å². The number of anilines is 2. The molecule has 0 atom stereocenters. The van der Waals surface area contributed by atoms with E-state index in [1.54, 1.807) is 11.0 Å². The van der Waals surface area contributed by atoms with Crippen molar-refractivity contribution in [2.45, 2.75) is 45.3 Å². The first-order chi connectivity index (χ1) is 20.6. The largest absolute Gasteiger partial charge is 0.490 e. The smallest absolute Gasteiger partial charge is 0.475 e. The summed E-state index contributed by atoms with van der Waals surface area (Å²) in [4.78, 5) is 25.3. The normalized spacial score (nSPS) is 14.8. The number of hydrogen-bond acceptors (Lipinski definition) is 7. The Hall–Kier alpha value is -4.81. The Bertz CT molecular complexity index is 1740. The Morgan fingerprint density at radius 3 is 2.37 bits per heavy atom. The Morgan fingerprint density at radius 2 is 1.74 bits per heavy atom. The molecule has 222 valence electrons. The molecule has 0 unspecified atom stereocenters. The number of rotatable bonds is 8. The second-order valence-corrected chi connectivity index (χ2v) is 10.9. The molecular weight excluding hydrogens is 561 g/mol. The van der Waals surface area contributed by atoms with Gasteiger partial charge in [-0.05, 0) is 68.7 Å². The summed E-state index contributed by atoms with van der Waals surface area (Å²) in [6.45, 7) is 3.81. The summed E-state index contributed by atoms with van der Waals surface area (Å²) < 4.78 is 35.6. The number of halogens is 3. The van der Waals surface area contributed by atoms with Gasteiger partial charge in [-0.25, -0.2) is 24.4 Å². The van der Waals surface area contributed by atoms with Crippen LogP contribution in [-0.4, -0.2) is 58.3 Å². The van der Waals surface area contributed by atoms with Crippen LogP contribution in [0.5, 0.6) is 0 Å². The number of para-hydroxylation sites is 1. The molecule has 3 aromatic heterocycles. The molecule has 3 heterocycles. The van der Waals surface area contributed by atoms with E-state index in [-0.39, 0.29) is 0 Å². The lowest BCUT2D eigenvalue weighted by Gasteiger charge is -2.23. The number of benzene rings is 2. The fourth-order valence-corrected chi connectivity index (χ4v) is 4.69. The number of alkyl halides is 3. The van der Waals surface area contributed by atoms with Crippen molar-refractivity contribution in [3.63, 3.8) is 0 Å². The summed E-state index contributed by atoms with van der Waals surface area (Å²) in [7, 11) is 0. The van der Waals surface area contributed by atoms with Crippen LogP contribution >= 0.6 is 0 Å². The van der Waals surface area contributed by atoms with Crippen LogP contribution in [0.2, 0.25) is 0 Å². The van der Waals surface area contributed by atoms with E-state index in [2.05, 4.69) is 73.4 Å². The van der Waals surface area contributed by atoms with Gasteiger partial charge in [0.05, 0.1) is 17.4 Å². The Balaban J connectivity index is 0.000000423. The average molecular weight is 591 g/mol. The number of aromatic nitrogens is 7. The van der Waals surface area contributed by atoms with E-state index >= 15 is 0 Å². The third-order valence-electron chi connectivity index (χ3n) is 7.34. The fourth-order valence-electron chi connectivity index (χ4n) is 4.69. The van der Waals surface area contributed by atoms with Crippen molar-refractivity contribution in [1.29, 1.82) is 0 Å². The number of aryl methyl sites for hydroxylation is 1. The highest BCUT2D eigenvalue weighted by Gasteiger charge is 2.38. The van der Waals surface area contributed by atoms with Gasteiger partial charge >= 0.3 is 12.1 Å². The van der Waals surface area contributed by atoms with E-state index in [4.69, 9.17) is 19.9 Å². The minimum atomic E-state index is -5.08. The van der Waals surface area contributed by atoms with E-state index in [9.17, 15) is 13.2 Å². The van der Waals surface area contributed by atoms with E-state index in [0.717, 1.165) is 64.2 Å². The van der Waals surface area contributed by atoms with Crippen LogP contribution in [-0.2, 0) is 11.3 Å². The molecule has 2 saturated carbocycles. The Morgan fingerprint density at radius 1 is 1.02 bits per heavy atom. The monoisotopic (exact) mass is 590 g/mol. The lowest BCUT2D eigenvalue weighted by atomic mass is 10.1. The van der Waals surface area contributed by atoms with E-state index in [1.807, 2.05) is 19.3 Å². The van der Waals surface area contributed by atoms with E-state index in [1.165, 1.54) is 25.7 Å². The molecule has 5 aromatic rings. The maximum absolute atomic E-state index is 10.6. The summed E-state index contributed by atoms with van der Waals surface area (Å²) in [5, 5.41) is 17.2. The van der Waals surface area contributed by atoms with Crippen LogP contribution in [0.3, 0.4) is 0 Å². The van der Waals surface area contributed by atoms with Gasteiger partial charge < -0.3 is 10.0 Å². The molecule has 13 heteroatoms. The summed E-state index contributed by atoms with van der Waals surface area (Å²) in [6, 6.07) is 14.7. The van der Waals surface area contributed by atoms with Crippen molar-refractivity contribution in [3.8, 4) is 16.8 Å². The second kappa shape index (κ2) is 11.5. The molecule has 2 aromatic carbocycles. The summed E-state index contributed by atoms with van der Waals surface area (Å²) in [5.41, 5.74) is 5.23. The molecule has 1 N–H and O–H groups in total. The molecule has 0 radical (unpaired) electrons. The SMILES string of the molecule is Cc1ncn(-c2ccc(N(CC3CC3)c3ncc4cccc(-c5cnn(CC6CC6)c5)c4n3)cc2)n1.O=C(O)C(F)(F)F. The van der Waals surface area contributed by atoms with Crippen LogP contribution in [0.15, 0.2) is 67.4 Å². The van der Waals surface area contributed by atoms with Crippen LogP contribution in [0.1, 0.15) is 31.5 Å². The molecular formula is C30H29F3N8O2. The van der Waals surface area contributed by atoms with Gasteiger partial charge in [0.25, 0.3) is 0 Å². The molecule has 0 spiro atoms. The third-order valence-corrected chi connectivity index (χ3v) is 7.34. The third kappa shape index (κ3) is 6.82. The molecule has 0 amide bonds. The minimum absolute atomic E-state index is 0.679. The van der Waals surface area contributed by atoms with Crippen LogP contribution < -0.4 is 4.90 Å². The quantitative estimate of drug-likeness (QED) is 0.235. The number of carbonyl (C=O) groups is 1. The molecule has 10 nitrogen and oxygen atoms in total. The fraction of sp³-hybridized carbons (Fsp3) is 0.333. The zero-order chi connectivity index (χ0) is 30.1. The first-order valence-electron chi connectivity index (χ1n) is 14.0. The Labute approximate surface area is 244 Å². The van der Waals surface area contributed by atoms with E-state index < -0.39 is 12.1 Å². The van der Waals surface area contributed by atoms with Gasteiger partial charge in [-0.1, -0.05) is 18.2 Å². The molecule has 43 heavy (non-hydrogen) atoms. The number of fused-ring (bicyclic) bond motifs is 1. The lowest BCUT2D eigenvalue weighted by Crippen LogP contribution is -2.22. The number of hydrogen-bond donors (Lipinski definition) is 1. The molecule has 0 aliphatic heterocycles. The number of aliphatic carboxylic acids is 1. The van der Waals surface area contributed by atoms with Crippen molar-refractivity contribution < 1.29 is 23.1 Å². The lowest BCUT2D eigenvalue weighted by molar-refractivity contribution is -0.192. The van der Waals surface area contributed by atoms with Gasteiger partial charge in [-0.3, -0.25) is 4.68 Å². The molecule has 2 fully saturated rings. The van der Waals surface area contributed by atoms with Crippen molar-refractivity contribution in [2.75, 3.05) is 11.4 Å². The number of carboxylic acids is 1. The van der Waals surface area contributed by atoms with Crippen molar-refractivity contribution in [3.05, 3.63) is 73.2 Å². The Kier molecular flexibility index (Phi) is 7.55. The molecule has 7 rings (SSSR count). The predicted molar refractivity (Wildman–Crippen MR) is 153 cm³/mol. The first-order valence-corrected chi connectivity index (χ1v) is 14.0. The summed E-state index contributed by atoms with van der Waals surface area (Å²) in [5.74, 6) is 0.199. The van der Waals surface area contributed by atoms with Crippen LogP contribution in [0, 0.1) is 18.8 Å². The zero-order valence-electron chi connectivity index (χ0n) is 23.3. The second-order valence-electron chi connectivity index (χ2n) is 10.9. The standard InChI is InChI=1S/C28H28N8.C2HF3O2/c1-19-30-18-36(33-19)25-11-9-24(10-12-25)35(16-21-7-8-21)28-29-13-22-3-2-4-26(27(22)32-28)23-14-31-34(17-23)15-20-5-6-20;3-2(4,5)1(6)7/h2-4,9-14,17-18,20-21H,5-8,15-16H2,1H3;(H,6,7). The maximum Gasteiger partial charge on any atom is 0.490 e. The molecule has 2 aliphatic carbocycles. The number of nitrogens with zero attached hydrogens (tertiary/aromatic N) is 8. The maximum atomic E-state index is 10.6. The van der Waals surface area contributed by atoms with Gasteiger partial charge in [-0.2, -0.15) is 23.4 Å². The molecule has 0 saturated heterocycles. The van der Waals surface area contributed by atoms with Gasteiger partial charge in [0.2, 0.25) is 5.95 Å². The predicted octanol–water partition coefficient (Wildman–Crippen LogP) is 5.97.